The van der Waals surface area contributed by atoms with Gasteiger partial charge in [0.1, 0.15) is 0 Å². The standard InChI is InChI=1S/C17H24N2S/c1-11(2)14-7-8-17(15(18)9-14)20-10-16(12(3)4)19-13(5)6/h7-9,16,19H,1,3,5,10,18H2,2,4,6H3. The summed E-state index contributed by atoms with van der Waals surface area (Å²) in [5.41, 5.74) is 11.1. The van der Waals surface area contributed by atoms with E-state index in [1.54, 1.807) is 11.8 Å². The summed E-state index contributed by atoms with van der Waals surface area (Å²) >= 11 is 1.73. The van der Waals surface area contributed by atoms with E-state index < -0.39 is 0 Å². The summed E-state index contributed by atoms with van der Waals surface area (Å²) in [6, 6.07) is 6.30. The van der Waals surface area contributed by atoms with Crippen LogP contribution < -0.4 is 11.1 Å². The number of benzene rings is 1. The van der Waals surface area contributed by atoms with Gasteiger partial charge in [0, 0.05) is 22.0 Å². The molecule has 0 heterocycles. The van der Waals surface area contributed by atoms with E-state index in [9.17, 15) is 0 Å². The molecule has 1 aromatic carbocycles. The smallest absolute Gasteiger partial charge is 0.0559 e. The van der Waals surface area contributed by atoms with Crippen molar-refractivity contribution in [3.63, 3.8) is 0 Å². The van der Waals surface area contributed by atoms with Gasteiger partial charge in [0.2, 0.25) is 0 Å². The van der Waals surface area contributed by atoms with Crippen LogP contribution >= 0.6 is 11.8 Å². The van der Waals surface area contributed by atoms with Crippen molar-refractivity contribution in [2.75, 3.05) is 11.5 Å². The number of rotatable bonds is 7. The monoisotopic (exact) mass is 288 g/mol. The van der Waals surface area contributed by atoms with Gasteiger partial charge < -0.3 is 11.1 Å². The Hall–Kier alpha value is -1.61. The SMILES string of the molecule is C=C(C)NC(CSc1ccc(C(=C)C)cc1N)C(=C)C. The van der Waals surface area contributed by atoms with Crippen LogP contribution in [0.1, 0.15) is 26.3 Å². The number of nitrogen functional groups attached to an aromatic ring is 1. The highest BCUT2D eigenvalue weighted by Gasteiger charge is 2.11. The summed E-state index contributed by atoms with van der Waals surface area (Å²) in [4.78, 5) is 1.09. The van der Waals surface area contributed by atoms with Crippen molar-refractivity contribution < 1.29 is 0 Å². The van der Waals surface area contributed by atoms with Gasteiger partial charge in [-0.15, -0.1) is 11.8 Å². The maximum atomic E-state index is 6.10. The highest BCUT2D eigenvalue weighted by atomic mass is 32.2. The normalized spacial score (nSPS) is 11.8. The summed E-state index contributed by atoms with van der Waals surface area (Å²) in [5.74, 6) is 0.874. The third kappa shape index (κ3) is 4.82. The highest BCUT2D eigenvalue weighted by molar-refractivity contribution is 7.99. The molecule has 0 saturated heterocycles. The minimum atomic E-state index is 0.206. The maximum absolute atomic E-state index is 6.10. The molecule has 1 rings (SSSR count). The summed E-state index contributed by atoms with van der Waals surface area (Å²) in [7, 11) is 0. The van der Waals surface area contributed by atoms with Gasteiger partial charge in [-0.05, 0) is 38.5 Å². The van der Waals surface area contributed by atoms with E-state index in [1.165, 1.54) is 0 Å². The Morgan fingerprint density at radius 2 is 1.90 bits per heavy atom. The van der Waals surface area contributed by atoms with Crippen molar-refractivity contribution in [3.8, 4) is 0 Å². The Bertz CT molecular complexity index is 532. The fraction of sp³-hybridized carbons (Fsp3) is 0.294. The molecule has 108 valence electrons. The topological polar surface area (TPSA) is 38.0 Å². The number of nitrogens with two attached hydrogens (primary N) is 1. The summed E-state index contributed by atoms with van der Waals surface area (Å²) in [5, 5.41) is 3.33. The fourth-order valence-electron chi connectivity index (χ4n) is 1.72. The molecule has 3 heteroatoms. The second-order valence-corrected chi connectivity index (χ2v) is 6.23. The second-order valence-electron chi connectivity index (χ2n) is 5.17. The van der Waals surface area contributed by atoms with Gasteiger partial charge in [-0.25, -0.2) is 0 Å². The molecule has 3 N–H and O–H groups in total. The molecule has 1 unspecified atom stereocenters. The predicted octanol–water partition coefficient (Wildman–Crippen LogP) is 4.46. The zero-order valence-electron chi connectivity index (χ0n) is 12.6. The number of hydrogen-bond donors (Lipinski definition) is 2. The van der Waals surface area contributed by atoms with Crippen LogP contribution in [-0.2, 0) is 0 Å². The Kier molecular flexibility index (Phi) is 5.96. The van der Waals surface area contributed by atoms with Gasteiger partial charge in [-0.2, -0.15) is 0 Å². The first-order chi connectivity index (χ1) is 9.31. The number of hydrogen-bond acceptors (Lipinski definition) is 3. The lowest BCUT2D eigenvalue weighted by atomic mass is 10.1. The van der Waals surface area contributed by atoms with Gasteiger partial charge in [-0.1, -0.05) is 36.9 Å². The molecule has 2 nitrogen and oxygen atoms in total. The van der Waals surface area contributed by atoms with Crippen LogP contribution in [0.15, 0.2) is 54.1 Å². The van der Waals surface area contributed by atoms with Crippen molar-refractivity contribution in [1.29, 1.82) is 0 Å². The number of allylic oxidation sites excluding steroid dienone is 2. The van der Waals surface area contributed by atoms with Gasteiger partial charge in [0.25, 0.3) is 0 Å². The zero-order valence-corrected chi connectivity index (χ0v) is 13.4. The lowest BCUT2D eigenvalue weighted by Gasteiger charge is -2.20. The van der Waals surface area contributed by atoms with E-state index in [-0.39, 0.29) is 6.04 Å². The molecular weight excluding hydrogens is 264 g/mol. The Balaban J connectivity index is 2.75. The molecule has 0 aliphatic rings. The summed E-state index contributed by atoms with van der Waals surface area (Å²) < 4.78 is 0. The first-order valence-corrected chi connectivity index (χ1v) is 7.55. The molecule has 1 aromatic rings. The molecule has 0 amide bonds. The molecule has 0 spiro atoms. The highest BCUT2D eigenvalue weighted by Crippen LogP contribution is 2.29. The minimum Gasteiger partial charge on any atom is -0.398 e. The van der Waals surface area contributed by atoms with Crippen LogP contribution in [-0.4, -0.2) is 11.8 Å². The average Bonchev–Trinajstić information content (AvgIpc) is 2.34. The molecule has 0 bridgehead atoms. The van der Waals surface area contributed by atoms with Gasteiger partial charge in [0.15, 0.2) is 0 Å². The van der Waals surface area contributed by atoms with Crippen LogP contribution in [0.2, 0.25) is 0 Å². The van der Waals surface area contributed by atoms with E-state index in [0.29, 0.717) is 0 Å². The quantitative estimate of drug-likeness (QED) is 0.442. The average molecular weight is 288 g/mol. The number of anilines is 1. The molecule has 0 fully saturated rings. The Labute approximate surface area is 126 Å². The molecular formula is C17H24N2S. The molecule has 0 aliphatic heterocycles. The van der Waals surface area contributed by atoms with Crippen molar-refractivity contribution in [2.24, 2.45) is 0 Å². The minimum absolute atomic E-state index is 0.206. The van der Waals surface area contributed by atoms with Crippen LogP contribution in [0, 0.1) is 0 Å². The van der Waals surface area contributed by atoms with Crippen LogP contribution in [0.5, 0.6) is 0 Å². The summed E-state index contributed by atoms with van der Waals surface area (Å²) in [6.45, 7) is 17.8. The van der Waals surface area contributed by atoms with Crippen molar-refractivity contribution in [2.45, 2.75) is 31.7 Å². The fourth-order valence-corrected chi connectivity index (χ4v) is 2.83. The van der Waals surface area contributed by atoms with Crippen molar-refractivity contribution in [3.05, 3.63) is 54.8 Å². The maximum Gasteiger partial charge on any atom is 0.0559 e. The van der Waals surface area contributed by atoms with E-state index in [1.807, 2.05) is 26.8 Å². The van der Waals surface area contributed by atoms with Crippen LogP contribution in [0.3, 0.4) is 0 Å². The number of nitrogens with one attached hydrogen (secondary N) is 1. The molecule has 0 saturated carbocycles. The molecule has 0 aromatic heterocycles. The van der Waals surface area contributed by atoms with Gasteiger partial charge in [-0.3, -0.25) is 0 Å². The Morgan fingerprint density at radius 3 is 2.35 bits per heavy atom. The lowest BCUT2D eigenvalue weighted by Crippen LogP contribution is -2.30. The second kappa shape index (κ2) is 7.25. The van der Waals surface area contributed by atoms with Crippen molar-refractivity contribution in [1.82, 2.24) is 5.32 Å². The molecule has 0 aliphatic carbocycles. The molecule has 1 atom stereocenters. The van der Waals surface area contributed by atoms with Crippen LogP contribution in [0.4, 0.5) is 5.69 Å². The molecule has 20 heavy (non-hydrogen) atoms. The van der Waals surface area contributed by atoms with E-state index in [4.69, 9.17) is 5.73 Å². The zero-order chi connectivity index (χ0) is 15.3. The van der Waals surface area contributed by atoms with Gasteiger partial charge >= 0.3 is 0 Å². The van der Waals surface area contributed by atoms with E-state index >= 15 is 0 Å². The predicted molar refractivity (Wildman–Crippen MR) is 92.8 cm³/mol. The third-order valence-corrected chi connectivity index (χ3v) is 4.11. The van der Waals surface area contributed by atoms with E-state index in [2.05, 4.69) is 37.2 Å². The lowest BCUT2D eigenvalue weighted by molar-refractivity contribution is 0.706. The first-order valence-electron chi connectivity index (χ1n) is 6.57. The summed E-state index contributed by atoms with van der Waals surface area (Å²) in [6.07, 6.45) is 0. The third-order valence-electron chi connectivity index (χ3n) is 2.92. The first kappa shape index (κ1) is 16.4. The van der Waals surface area contributed by atoms with Gasteiger partial charge in [0.05, 0.1) is 6.04 Å². The van der Waals surface area contributed by atoms with E-state index in [0.717, 1.165) is 38.7 Å². The number of thioether (sulfide) groups is 1. The molecule has 0 radical (unpaired) electrons. The Morgan fingerprint density at radius 1 is 1.25 bits per heavy atom. The largest absolute Gasteiger partial charge is 0.398 e. The van der Waals surface area contributed by atoms with Crippen LogP contribution in [0.25, 0.3) is 5.57 Å². The van der Waals surface area contributed by atoms with Crippen molar-refractivity contribution >= 4 is 23.0 Å².